The molecule has 0 aliphatic carbocycles. The quantitative estimate of drug-likeness (QED) is 0.586. The Morgan fingerprint density at radius 1 is 1.11 bits per heavy atom. The van der Waals surface area contributed by atoms with Gasteiger partial charge in [0.2, 0.25) is 10.0 Å². The fourth-order valence-electron chi connectivity index (χ4n) is 1.43. The standard InChI is InChI=1S/C13H17NO4S/c1-4-11(15)9-13(16)10-5-7-12(8-6-10)19(17,18)14(2)3/h5-8H,4,9H2,1-3H3. The third-order valence-corrected chi connectivity index (χ3v) is 4.54. The summed E-state index contributed by atoms with van der Waals surface area (Å²) in [4.78, 5) is 23.0. The zero-order chi connectivity index (χ0) is 14.6. The van der Waals surface area contributed by atoms with Gasteiger partial charge in [-0.1, -0.05) is 19.1 Å². The molecule has 0 saturated carbocycles. The maximum absolute atomic E-state index is 11.8. The lowest BCUT2D eigenvalue weighted by atomic mass is 10.1. The summed E-state index contributed by atoms with van der Waals surface area (Å²) in [6.07, 6.45) is 0.176. The molecule has 6 heteroatoms. The zero-order valence-electron chi connectivity index (χ0n) is 11.2. The van der Waals surface area contributed by atoms with E-state index in [-0.39, 0.29) is 22.9 Å². The van der Waals surface area contributed by atoms with E-state index in [0.29, 0.717) is 12.0 Å². The molecule has 1 aromatic rings. The smallest absolute Gasteiger partial charge is 0.242 e. The van der Waals surface area contributed by atoms with E-state index in [1.807, 2.05) is 0 Å². The second-order valence-corrected chi connectivity index (χ2v) is 6.46. The first kappa shape index (κ1) is 15.5. The van der Waals surface area contributed by atoms with Crippen molar-refractivity contribution in [2.24, 2.45) is 0 Å². The third-order valence-electron chi connectivity index (χ3n) is 2.71. The SMILES string of the molecule is CCC(=O)CC(=O)c1ccc(S(=O)(=O)N(C)C)cc1. The molecule has 0 heterocycles. The Morgan fingerprint density at radius 2 is 1.63 bits per heavy atom. The van der Waals surface area contributed by atoms with Gasteiger partial charge in [0.15, 0.2) is 5.78 Å². The van der Waals surface area contributed by atoms with Crippen LogP contribution in [-0.2, 0) is 14.8 Å². The Kier molecular flexibility index (Phi) is 4.97. The molecule has 0 bridgehead atoms. The van der Waals surface area contributed by atoms with Crippen LogP contribution in [0.3, 0.4) is 0 Å². The molecule has 104 valence electrons. The number of rotatable bonds is 6. The van der Waals surface area contributed by atoms with E-state index in [1.54, 1.807) is 6.92 Å². The van der Waals surface area contributed by atoms with Crippen LogP contribution in [0.15, 0.2) is 29.2 Å². The van der Waals surface area contributed by atoms with Crippen LogP contribution in [0.2, 0.25) is 0 Å². The summed E-state index contributed by atoms with van der Waals surface area (Å²) in [6.45, 7) is 1.70. The molecule has 0 aromatic heterocycles. The van der Waals surface area contributed by atoms with E-state index >= 15 is 0 Å². The highest BCUT2D eigenvalue weighted by molar-refractivity contribution is 7.89. The molecule has 19 heavy (non-hydrogen) atoms. The Bertz CT molecular complexity index is 573. The number of carbonyl (C=O) groups is 2. The molecule has 5 nitrogen and oxygen atoms in total. The first-order valence-corrected chi connectivity index (χ1v) is 7.30. The lowest BCUT2D eigenvalue weighted by molar-refractivity contribution is -0.117. The predicted molar refractivity (Wildman–Crippen MR) is 71.6 cm³/mol. The molecule has 0 atom stereocenters. The van der Waals surface area contributed by atoms with Crippen molar-refractivity contribution in [3.05, 3.63) is 29.8 Å². The predicted octanol–water partition coefficient (Wildman–Crippen LogP) is 1.49. The lowest BCUT2D eigenvalue weighted by Crippen LogP contribution is -2.22. The average Bonchev–Trinajstić information content (AvgIpc) is 2.38. The monoisotopic (exact) mass is 283 g/mol. The maximum Gasteiger partial charge on any atom is 0.242 e. The van der Waals surface area contributed by atoms with Crippen molar-refractivity contribution >= 4 is 21.6 Å². The summed E-state index contributed by atoms with van der Waals surface area (Å²) < 4.78 is 24.7. The number of nitrogens with zero attached hydrogens (tertiary/aromatic N) is 1. The molecule has 1 rings (SSSR count). The number of ketones is 2. The number of Topliss-reactive ketones (excluding diaryl/α,β-unsaturated/α-hetero) is 2. The summed E-state index contributed by atoms with van der Waals surface area (Å²) in [5.74, 6) is -0.421. The Hall–Kier alpha value is -1.53. The van der Waals surface area contributed by atoms with Gasteiger partial charge in [-0.05, 0) is 12.1 Å². The lowest BCUT2D eigenvalue weighted by Gasteiger charge is -2.11. The molecular weight excluding hydrogens is 266 g/mol. The molecule has 1 aromatic carbocycles. The average molecular weight is 283 g/mol. The molecular formula is C13H17NO4S. The molecule has 0 fully saturated rings. The summed E-state index contributed by atoms with van der Waals surface area (Å²) in [7, 11) is -0.614. The minimum Gasteiger partial charge on any atom is -0.299 e. The maximum atomic E-state index is 11.8. The van der Waals surface area contributed by atoms with Crippen molar-refractivity contribution < 1.29 is 18.0 Å². The highest BCUT2D eigenvalue weighted by Crippen LogP contribution is 2.15. The highest BCUT2D eigenvalue weighted by Gasteiger charge is 2.18. The van der Waals surface area contributed by atoms with E-state index in [9.17, 15) is 18.0 Å². The van der Waals surface area contributed by atoms with E-state index in [0.717, 1.165) is 4.31 Å². The van der Waals surface area contributed by atoms with Gasteiger partial charge in [0, 0.05) is 26.1 Å². The largest absolute Gasteiger partial charge is 0.299 e. The topological polar surface area (TPSA) is 71.5 Å². The summed E-state index contributed by atoms with van der Waals surface area (Å²) >= 11 is 0. The molecule has 0 saturated heterocycles. The van der Waals surface area contributed by atoms with E-state index in [4.69, 9.17) is 0 Å². The minimum atomic E-state index is -3.49. The van der Waals surface area contributed by atoms with Crippen molar-refractivity contribution in [1.82, 2.24) is 4.31 Å². The molecule has 0 N–H and O–H groups in total. The summed E-state index contributed by atoms with van der Waals surface area (Å²) in [6, 6.07) is 5.61. The van der Waals surface area contributed by atoms with Gasteiger partial charge in [0.1, 0.15) is 5.78 Å². The van der Waals surface area contributed by atoms with Gasteiger partial charge in [-0.2, -0.15) is 0 Å². The van der Waals surface area contributed by atoms with Crippen LogP contribution in [0.25, 0.3) is 0 Å². The van der Waals surface area contributed by atoms with Crippen LogP contribution in [0.5, 0.6) is 0 Å². The van der Waals surface area contributed by atoms with E-state index in [1.165, 1.54) is 38.4 Å². The molecule has 0 amide bonds. The van der Waals surface area contributed by atoms with Gasteiger partial charge in [-0.3, -0.25) is 9.59 Å². The van der Waals surface area contributed by atoms with E-state index in [2.05, 4.69) is 0 Å². The molecule has 0 unspecified atom stereocenters. The van der Waals surface area contributed by atoms with Crippen LogP contribution < -0.4 is 0 Å². The fraction of sp³-hybridized carbons (Fsp3) is 0.385. The van der Waals surface area contributed by atoms with Crippen LogP contribution >= 0.6 is 0 Å². The van der Waals surface area contributed by atoms with Gasteiger partial charge in [0.05, 0.1) is 11.3 Å². The zero-order valence-corrected chi connectivity index (χ0v) is 12.0. The normalized spacial score (nSPS) is 11.6. The van der Waals surface area contributed by atoms with Crippen molar-refractivity contribution in [3.63, 3.8) is 0 Å². The first-order valence-electron chi connectivity index (χ1n) is 5.86. The van der Waals surface area contributed by atoms with Crippen LogP contribution in [0.1, 0.15) is 30.1 Å². The van der Waals surface area contributed by atoms with Crippen molar-refractivity contribution in [3.8, 4) is 0 Å². The highest BCUT2D eigenvalue weighted by atomic mass is 32.2. The van der Waals surface area contributed by atoms with Gasteiger partial charge in [-0.25, -0.2) is 12.7 Å². The first-order chi connectivity index (χ1) is 8.78. The van der Waals surface area contributed by atoms with E-state index < -0.39 is 10.0 Å². The van der Waals surface area contributed by atoms with Gasteiger partial charge in [-0.15, -0.1) is 0 Å². The summed E-state index contributed by atoms with van der Waals surface area (Å²) in [5, 5.41) is 0. The van der Waals surface area contributed by atoms with Gasteiger partial charge in [0.25, 0.3) is 0 Å². The van der Waals surface area contributed by atoms with Crippen LogP contribution in [-0.4, -0.2) is 38.4 Å². The van der Waals surface area contributed by atoms with Crippen molar-refractivity contribution in [1.29, 1.82) is 0 Å². The second-order valence-electron chi connectivity index (χ2n) is 4.30. The minimum absolute atomic E-state index is 0.121. The Labute approximate surface area is 113 Å². The molecule has 0 aliphatic rings. The van der Waals surface area contributed by atoms with Crippen LogP contribution in [0, 0.1) is 0 Å². The van der Waals surface area contributed by atoms with Crippen LogP contribution in [0.4, 0.5) is 0 Å². The number of carbonyl (C=O) groups excluding carboxylic acids is 2. The number of hydrogen-bond acceptors (Lipinski definition) is 4. The fourth-order valence-corrected chi connectivity index (χ4v) is 2.33. The number of benzene rings is 1. The Morgan fingerprint density at radius 3 is 2.05 bits per heavy atom. The second kappa shape index (κ2) is 6.08. The van der Waals surface area contributed by atoms with Gasteiger partial charge < -0.3 is 0 Å². The third kappa shape index (κ3) is 3.71. The number of sulfonamides is 1. The Balaban J connectivity index is 2.95. The summed E-state index contributed by atoms with van der Waals surface area (Å²) in [5.41, 5.74) is 0.347. The van der Waals surface area contributed by atoms with Gasteiger partial charge >= 0.3 is 0 Å². The van der Waals surface area contributed by atoms with Crippen molar-refractivity contribution in [2.45, 2.75) is 24.7 Å². The molecule has 0 aliphatic heterocycles. The number of hydrogen-bond donors (Lipinski definition) is 0. The molecule has 0 spiro atoms. The molecule has 0 radical (unpaired) electrons. The van der Waals surface area contributed by atoms with Crippen molar-refractivity contribution in [2.75, 3.05) is 14.1 Å².